The monoisotopic (exact) mass is 257 g/mol. The highest BCUT2D eigenvalue weighted by Crippen LogP contribution is 2.42. The Morgan fingerprint density at radius 1 is 1.32 bits per heavy atom. The number of non-ortho nitro benzene ring substituents is 1. The molecule has 1 heterocycles. The molecule has 0 N–H and O–H groups in total. The summed E-state index contributed by atoms with van der Waals surface area (Å²) < 4.78 is 1.88. The van der Waals surface area contributed by atoms with Gasteiger partial charge in [0.2, 0.25) is 0 Å². The van der Waals surface area contributed by atoms with Gasteiger partial charge in [-0.2, -0.15) is 5.10 Å². The Hall–Kier alpha value is -2.17. The first-order valence-corrected chi connectivity index (χ1v) is 6.36. The Kier molecular flexibility index (Phi) is 2.62. The first-order chi connectivity index (χ1) is 9.08. The van der Waals surface area contributed by atoms with Gasteiger partial charge in [-0.05, 0) is 37.5 Å². The maximum absolute atomic E-state index is 10.7. The van der Waals surface area contributed by atoms with Crippen molar-refractivity contribution in [1.82, 2.24) is 9.78 Å². The van der Waals surface area contributed by atoms with Gasteiger partial charge < -0.3 is 0 Å². The van der Waals surface area contributed by atoms with Crippen molar-refractivity contribution in [3.05, 3.63) is 45.6 Å². The summed E-state index contributed by atoms with van der Waals surface area (Å²) in [6, 6.07) is 6.66. The summed E-state index contributed by atoms with van der Waals surface area (Å²) in [5.74, 6) is 0.609. The zero-order valence-electron chi connectivity index (χ0n) is 11.0. The summed E-state index contributed by atoms with van der Waals surface area (Å²) >= 11 is 0. The van der Waals surface area contributed by atoms with E-state index in [1.165, 1.54) is 24.1 Å². The fourth-order valence-electron chi connectivity index (χ4n) is 2.54. The number of nitrogens with zero attached hydrogens (tertiary/aromatic N) is 3. The molecule has 0 bridgehead atoms. The maximum Gasteiger partial charge on any atom is 0.269 e. The molecule has 1 aliphatic rings. The Morgan fingerprint density at radius 3 is 2.47 bits per heavy atom. The molecule has 0 atom stereocenters. The Morgan fingerprint density at radius 2 is 1.95 bits per heavy atom. The average molecular weight is 257 g/mol. The van der Waals surface area contributed by atoms with Gasteiger partial charge in [0.1, 0.15) is 0 Å². The SMILES string of the molecule is Cc1c(C2CC2)nn(C)c1-c1ccc([N+](=O)[O-])cc1. The van der Waals surface area contributed by atoms with Crippen molar-refractivity contribution in [2.24, 2.45) is 7.05 Å². The Bertz CT molecular complexity index is 639. The molecule has 0 unspecified atom stereocenters. The zero-order chi connectivity index (χ0) is 13.6. The summed E-state index contributed by atoms with van der Waals surface area (Å²) in [7, 11) is 1.93. The lowest BCUT2D eigenvalue weighted by Crippen LogP contribution is -1.95. The van der Waals surface area contributed by atoms with Crippen LogP contribution in [0.4, 0.5) is 5.69 Å². The third kappa shape index (κ3) is 2.01. The van der Waals surface area contributed by atoms with E-state index in [-0.39, 0.29) is 10.6 Å². The van der Waals surface area contributed by atoms with Crippen molar-refractivity contribution >= 4 is 5.69 Å². The smallest absolute Gasteiger partial charge is 0.267 e. The van der Waals surface area contributed by atoms with E-state index in [2.05, 4.69) is 12.0 Å². The van der Waals surface area contributed by atoms with E-state index in [9.17, 15) is 10.1 Å². The quantitative estimate of drug-likeness (QED) is 0.626. The van der Waals surface area contributed by atoms with E-state index < -0.39 is 0 Å². The fraction of sp³-hybridized carbons (Fsp3) is 0.357. The molecule has 1 fully saturated rings. The third-order valence-corrected chi connectivity index (χ3v) is 3.64. The molecule has 0 saturated heterocycles. The minimum Gasteiger partial charge on any atom is -0.267 e. The van der Waals surface area contributed by atoms with Crippen LogP contribution >= 0.6 is 0 Å². The molecule has 2 aromatic rings. The second-order valence-corrected chi connectivity index (χ2v) is 5.06. The Balaban J connectivity index is 2.03. The fourth-order valence-corrected chi connectivity index (χ4v) is 2.54. The number of benzene rings is 1. The minimum atomic E-state index is -0.379. The highest BCUT2D eigenvalue weighted by molar-refractivity contribution is 5.66. The van der Waals surface area contributed by atoms with E-state index in [4.69, 9.17) is 0 Å². The van der Waals surface area contributed by atoms with Crippen molar-refractivity contribution in [1.29, 1.82) is 0 Å². The number of aromatic nitrogens is 2. The van der Waals surface area contributed by atoms with Crippen LogP contribution < -0.4 is 0 Å². The van der Waals surface area contributed by atoms with Crippen molar-refractivity contribution in [2.75, 3.05) is 0 Å². The first-order valence-electron chi connectivity index (χ1n) is 6.36. The van der Waals surface area contributed by atoms with Gasteiger partial charge in [-0.25, -0.2) is 0 Å². The third-order valence-electron chi connectivity index (χ3n) is 3.64. The molecule has 0 aliphatic heterocycles. The van der Waals surface area contributed by atoms with Gasteiger partial charge in [-0.1, -0.05) is 0 Å². The van der Waals surface area contributed by atoms with Crippen LogP contribution in [0.2, 0.25) is 0 Å². The van der Waals surface area contributed by atoms with Gasteiger partial charge in [0.05, 0.1) is 16.3 Å². The molecule has 19 heavy (non-hydrogen) atoms. The zero-order valence-corrected chi connectivity index (χ0v) is 11.0. The van der Waals surface area contributed by atoms with E-state index in [1.807, 2.05) is 11.7 Å². The molecule has 3 rings (SSSR count). The van der Waals surface area contributed by atoms with Crippen LogP contribution in [0.15, 0.2) is 24.3 Å². The van der Waals surface area contributed by atoms with E-state index >= 15 is 0 Å². The molecule has 5 nitrogen and oxygen atoms in total. The van der Waals surface area contributed by atoms with E-state index in [1.54, 1.807) is 24.3 Å². The number of hydrogen-bond donors (Lipinski definition) is 0. The standard InChI is InChI=1S/C14H15N3O2/c1-9-13(10-3-4-10)15-16(2)14(9)11-5-7-12(8-6-11)17(18)19/h5-8,10H,3-4H2,1-2H3. The molecule has 1 aromatic carbocycles. The lowest BCUT2D eigenvalue weighted by atomic mass is 10.0. The number of aryl methyl sites for hydroxylation is 1. The van der Waals surface area contributed by atoms with Crippen LogP contribution in [0.3, 0.4) is 0 Å². The molecule has 1 aliphatic carbocycles. The van der Waals surface area contributed by atoms with Gasteiger partial charge in [-0.3, -0.25) is 14.8 Å². The van der Waals surface area contributed by atoms with E-state index in [0.717, 1.165) is 11.3 Å². The second kappa shape index (κ2) is 4.19. The number of nitro benzene ring substituents is 1. The normalized spacial score (nSPS) is 14.6. The topological polar surface area (TPSA) is 61.0 Å². The summed E-state index contributed by atoms with van der Waals surface area (Å²) in [6.45, 7) is 2.08. The van der Waals surface area contributed by atoms with Crippen LogP contribution in [0, 0.1) is 17.0 Å². The Labute approximate surface area is 111 Å². The highest BCUT2D eigenvalue weighted by atomic mass is 16.6. The predicted octanol–water partition coefficient (Wildman–Crippen LogP) is 3.18. The van der Waals surface area contributed by atoms with Crippen molar-refractivity contribution in [2.45, 2.75) is 25.7 Å². The minimum absolute atomic E-state index is 0.117. The van der Waals surface area contributed by atoms with Crippen LogP contribution in [0.5, 0.6) is 0 Å². The summed E-state index contributed by atoms with van der Waals surface area (Å²) in [5.41, 5.74) is 4.52. The number of nitro groups is 1. The molecule has 5 heteroatoms. The molecule has 1 saturated carbocycles. The van der Waals surface area contributed by atoms with Crippen LogP contribution in [0.25, 0.3) is 11.3 Å². The molecule has 1 aromatic heterocycles. The lowest BCUT2D eigenvalue weighted by Gasteiger charge is -2.03. The van der Waals surface area contributed by atoms with Gasteiger partial charge in [0.15, 0.2) is 0 Å². The van der Waals surface area contributed by atoms with Gasteiger partial charge in [-0.15, -0.1) is 0 Å². The van der Waals surface area contributed by atoms with Gasteiger partial charge >= 0.3 is 0 Å². The van der Waals surface area contributed by atoms with Crippen molar-refractivity contribution < 1.29 is 4.92 Å². The molecular weight excluding hydrogens is 242 g/mol. The van der Waals surface area contributed by atoms with Crippen molar-refractivity contribution in [3.8, 4) is 11.3 Å². The first kappa shape index (κ1) is 11.9. The predicted molar refractivity (Wildman–Crippen MR) is 72.0 cm³/mol. The lowest BCUT2D eigenvalue weighted by molar-refractivity contribution is -0.384. The molecule has 0 amide bonds. The largest absolute Gasteiger partial charge is 0.269 e. The van der Waals surface area contributed by atoms with Crippen molar-refractivity contribution in [3.63, 3.8) is 0 Å². The summed E-state index contributed by atoms with van der Waals surface area (Å²) in [5, 5.41) is 15.3. The average Bonchev–Trinajstić information content (AvgIpc) is 3.17. The highest BCUT2D eigenvalue weighted by Gasteiger charge is 2.29. The summed E-state index contributed by atoms with van der Waals surface area (Å²) in [4.78, 5) is 10.3. The number of rotatable bonds is 3. The van der Waals surface area contributed by atoms with Gasteiger partial charge in [0.25, 0.3) is 5.69 Å². The maximum atomic E-state index is 10.7. The number of hydrogen-bond acceptors (Lipinski definition) is 3. The second-order valence-electron chi connectivity index (χ2n) is 5.06. The molecule has 98 valence electrons. The molecular formula is C14H15N3O2. The summed E-state index contributed by atoms with van der Waals surface area (Å²) in [6.07, 6.45) is 2.44. The van der Waals surface area contributed by atoms with Crippen LogP contribution in [-0.4, -0.2) is 14.7 Å². The van der Waals surface area contributed by atoms with Crippen LogP contribution in [0.1, 0.15) is 30.0 Å². The molecule has 0 spiro atoms. The van der Waals surface area contributed by atoms with Crippen LogP contribution in [-0.2, 0) is 7.05 Å². The van der Waals surface area contributed by atoms with Gasteiger partial charge in [0, 0.05) is 30.7 Å². The van der Waals surface area contributed by atoms with E-state index in [0.29, 0.717) is 5.92 Å². The molecule has 0 radical (unpaired) electrons.